The SMILES string of the molecule is CC(c1nn[nH]n1)N1C(=O)c2ccc(Br)cc2C1=O. The molecule has 0 saturated carbocycles. The molecule has 0 fully saturated rings. The lowest BCUT2D eigenvalue weighted by molar-refractivity contribution is 0.0589. The first kappa shape index (κ1) is 12.0. The van der Waals surface area contributed by atoms with Crippen molar-refractivity contribution >= 4 is 27.7 Å². The maximum absolute atomic E-state index is 12.3. The molecule has 19 heavy (non-hydrogen) atoms. The molecule has 0 radical (unpaired) electrons. The molecule has 7 nitrogen and oxygen atoms in total. The van der Waals surface area contributed by atoms with Crippen LogP contribution in [0.5, 0.6) is 0 Å². The molecule has 2 aromatic rings. The molecule has 8 heteroatoms. The maximum Gasteiger partial charge on any atom is 0.262 e. The topological polar surface area (TPSA) is 91.8 Å². The number of fused-ring (bicyclic) bond motifs is 1. The summed E-state index contributed by atoms with van der Waals surface area (Å²) in [6.45, 7) is 1.68. The Bertz CT molecular complexity index is 670. The van der Waals surface area contributed by atoms with Crippen molar-refractivity contribution in [2.75, 3.05) is 0 Å². The highest BCUT2D eigenvalue weighted by atomic mass is 79.9. The van der Waals surface area contributed by atoms with Gasteiger partial charge in [0.2, 0.25) is 0 Å². The molecule has 1 unspecified atom stereocenters. The van der Waals surface area contributed by atoms with Crippen LogP contribution < -0.4 is 0 Å². The summed E-state index contributed by atoms with van der Waals surface area (Å²) >= 11 is 3.29. The minimum absolute atomic E-state index is 0.300. The summed E-state index contributed by atoms with van der Waals surface area (Å²) in [7, 11) is 0. The van der Waals surface area contributed by atoms with Crippen LogP contribution in [0.15, 0.2) is 22.7 Å². The van der Waals surface area contributed by atoms with Crippen LogP contribution in [0.4, 0.5) is 0 Å². The van der Waals surface area contributed by atoms with Crippen LogP contribution in [0.25, 0.3) is 0 Å². The Morgan fingerprint density at radius 1 is 1.26 bits per heavy atom. The fourth-order valence-electron chi connectivity index (χ4n) is 2.05. The van der Waals surface area contributed by atoms with E-state index in [1.54, 1.807) is 25.1 Å². The zero-order valence-corrected chi connectivity index (χ0v) is 11.4. The number of benzene rings is 1. The average molecular weight is 322 g/mol. The van der Waals surface area contributed by atoms with E-state index >= 15 is 0 Å². The Morgan fingerprint density at radius 3 is 2.68 bits per heavy atom. The van der Waals surface area contributed by atoms with Crippen molar-refractivity contribution in [1.29, 1.82) is 0 Å². The highest BCUT2D eigenvalue weighted by Gasteiger charge is 2.40. The summed E-state index contributed by atoms with van der Waals surface area (Å²) in [4.78, 5) is 25.7. The van der Waals surface area contributed by atoms with Gasteiger partial charge < -0.3 is 0 Å². The molecule has 2 heterocycles. The molecule has 0 bridgehead atoms. The van der Waals surface area contributed by atoms with Gasteiger partial charge in [-0.2, -0.15) is 5.21 Å². The fraction of sp³-hybridized carbons (Fsp3) is 0.182. The van der Waals surface area contributed by atoms with Crippen LogP contribution in [-0.4, -0.2) is 37.3 Å². The molecule has 0 spiro atoms. The van der Waals surface area contributed by atoms with Crippen molar-refractivity contribution in [2.45, 2.75) is 13.0 Å². The molecule has 1 aliphatic rings. The van der Waals surface area contributed by atoms with Crippen LogP contribution in [0.3, 0.4) is 0 Å². The smallest absolute Gasteiger partial charge is 0.262 e. The lowest BCUT2D eigenvalue weighted by atomic mass is 10.1. The molecular formula is C11H8BrN5O2. The van der Waals surface area contributed by atoms with Gasteiger partial charge in [0, 0.05) is 4.47 Å². The number of amides is 2. The number of aromatic amines is 1. The zero-order chi connectivity index (χ0) is 13.6. The minimum atomic E-state index is -0.565. The third-order valence-electron chi connectivity index (χ3n) is 3.00. The number of halogens is 1. The normalized spacial score (nSPS) is 15.8. The number of nitrogens with one attached hydrogen (secondary N) is 1. The minimum Gasteiger partial charge on any atom is -0.269 e. The van der Waals surface area contributed by atoms with Gasteiger partial charge in [0.15, 0.2) is 5.82 Å². The van der Waals surface area contributed by atoms with E-state index in [4.69, 9.17) is 0 Å². The Kier molecular flexibility index (Phi) is 2.67. The Hall–Kier alpha value is -2.09. The monoisotopic (exact) mass is 321 g/mol. The van der Waals surface area contributed by atoms with Gasteiger partial charge in [0.05, 0.1) is 11.1 Å². The van der Waals surface area contributed by atoms with E-state index in [2.05, 4.69) is 36.6 Å². The number of hydrogen-bond donors (Lipinski definition) is 1. The first-order valence-electron chi connectivity index (χ1n) is 5.50. The van der Waals surface area contributed by atoms with Crippen molar-refractivity contribution in [3.63, 3.8) is 0 Å². The van der Waals surface area contributed by atoms with Crippen LogP contribution in [0, 0.1) is 0 Å². The summed E-state index contributed by atoms with van der Waals surface area (Å²) in [5, 5.41) is 13.4. The molecule has 3 rings (SSSR count). The van der Waals surface area contributed by atoms with Crippen LogP contribution >= 0.6 is 15.9 Å². The average Bonchev–Trinajstić information content (AvgIpc) is 2.98. The quantitative estimate of drug-likeness (QED) is 0.842. The van der Waals surface area contributed by atoms with Crippen molar-refractivity contribution in [3.8, 4) is 0 Å². The lowest BCUT2D eigenvalue weighted by Gasteiger charge is -2.18. The standard InChI is InChI=1S/C11H8BrN5O2/c1-5(9-13-15-16-14-9)17-10(18)7-3-2-6(12)4-8(7)11(17)19/h2-5H,1H3,(H,13,14,15,16). The van der Waals surface area contributed by atoms with Crippen molar-refractivity contribution in [1.82, 2.24) is 25.5 Å². The predicted octanol–water partition coefficient (Wildman–Crippen LogP) is 1.32. The van der Waals surface area contributed by atoms with Crippen molar-refractivity contribution in [3.05, 3.63) is 39.6 Å². The maximum atomic E-state index is 12.3. The number of carbonyl (C=O) groups excluding carboxylic acids is 2. The third kappa shape index (κ3) is 1.75. The number of carbonyl (C=O) groups is 2. The fourth-order valence-corrected chi connectivity index (χ4v) is 2.41. The molecule has 1 atom stereocenters. The largest absolute Gasteiger partial charge is 0.269 e. The van der Waals surface area contributed by atoms with E-state index < -0.39 is 6.04 Å². The second kappa shape index (κ2) is 4.23. The first-order chi connectivity index (χ1) is 9.09. The summed E-state index contributed by atoms with van der Waals surface area (Å²) in [5.41, 5.74) is 0.776. The summed E-state index contributed by atoms with van der Waals surface area (Å²) < 4.78 is 0.751. The highest BCUT2D eigenvalue weighted by molar-refractivity contribution is 9.10. The van der Waals surface area contributed by atoms with Gasteiger partial charge in [-0.1, -0.05) is 21.1 Å². The van der Waals surface area contributed by atoms with Gasteiger partial charge in [0.25, 0.3) is 11.8 Å². The molecule has 1 aliphatic heterocycles. The van der Waals surface area contributed by atoms with Gasteiger partial charge in [-0.3, -0.25) is 14.5 Å². The Labute approximate surface area is 116 Å². The molecule has 96 valence electrons. The second-order valence-electron chi connectivity index (χ2n) is 4.12. The van der Waals surface area contributed by atoms with Crippen LogP contribution in [0.1, 0.15) is 39.5 Å². The molecular weight excluding hydrogens is 314 g/mol. The second-order valence-corrected chi connectivity index (χ2v) is 5.03. The van der Waals surface area contributed by atoms with Gasteiger partial charge in [0.1, 0.15) is 6.04 Å². The van der Waals surface area contributed by atoms with Gasteiger partial charge in [-0.15, -0.1) is 10.2 Å². The van der Waals surface area contributed by atoms with Crippen LogP contribution in [-0.2, 0) is 0 Å². The Balaban J connectivity index is 2.03. The zero-order valence-electron chi connectivity index (χ0n) is 9.79. The van der Waals surface area contributed by atoms with Gasteiger partial charge >= 0.3 is 0 Å². The number of hydrogen-bond acceptors (Lipinski definition) is 5. The summed E-state index contributed by atoms with van der Waals surface area (Å²) in [6.07, 6.45) is 0. The van der Waals surface area contributed by atoms with Crippen molar-refractivity contribution < 1.29 is 9.59 Å². The molecule has 1 aromatic carbocycles. The summed E-state index contributed by atoms with van der Waals surface area (Å²) in [6, 6.07) is 4.43. The highest BCUT2D eigenvalue weighted by Crippen LogP contribution is 2.31. The number of rotatable bonds is 2. The van der Waals surface area contributed by atoms with E-state index in [-0.39, 0.29) is 11.8 Å². The van der Waals surface area contributed by atoms with E-state index in [9.17, 15) is 9.59 Å². The summed E-state index contributed by atoms with van der Waals surface area (Å²) in [5.74, 6) is -0.392. The molecule has 1 N–H and O–H groups in total. The molecule has 1 aromatic heterocycles. The molecule has 2 amide bonds. The van der Waals surface area contributed by atoms with Crippen molar-refractivity contribution in [2.24, 2.45) is 0 Å². The predicted molar refractivity (Wildman–Crippen MR) is 67.2 cm³/mol. The van der Waals surface area contributed by atoms with E-state index in [1.807, 2.05) is 0 Å². The number of tetrazole rings is 1. The number of H-pyrrole nitrogens is 1. The molecule has 0 aliphatic carbocycles. The third-order valence-corrected chi connectivity index (χ3v) is 3.50. The number of nitrogens with zero attached hydrogens (tertiary/aromatic N) is 4. The Morgan fingerprint density at radius 2 is 2.00 bits per heavy atom. The molecule has 0 saturated heterocycles. The van der Waals surface area contributed by atoms with E-state index in [1.165, 1.54) is 0 Å². The number of imide groups is 1. The van der Waals surface area contributed by atoms with Gasteiger partial charge in [-0.25, -0.2) is 0 Å². The van der Waals surface area contributed by atoms with Gasteiger partial charge in [-0.05, 0) is 25.1 Å². The van der Waals surface area contributed by atoms with Crippen LogP contribution in [0.2, 0.25) is 0 Å². The lowest BCUT2D eigenvalue weighted by Crippen LogP contribution is -2.33. The van der Waals surface area contributed by atoms with E-state index in [0.29, 0.717) is 17.0 Å². The van der Waals surface area contributed by atoms with E-state index in [0.717, 1.165) is 9.37 Å². The number of aromatic nitrogens is 4. The first-order valence-corrected chi connectivity index (χ1v) is 6.29.